The first-order valence-electron chi connectivity index (χ1n) is 14.1. The fourth-order valence-corrected chi connectivity index (χ4v) is 4.48. The molecule has 2 amide bonds. The average Bonchev–Trinajstić information content (AvgIpc) is 3.05. The molecule has 1 aliphatic rings. The highest BCUT2D eigenvalue weighted by atomic mass is 19.4. The van der Waals surface area contributed by atoms with Crippen molar-refractivity contribution in [1.29, 1.82) is 0 Å². The Kier molecular flexibility index (Phi) is 11.3. The Hall–Kier alpha value is -4.91. The summed E-state index contributed by atoms with van der Waals surface area (Å²) in [5.41, 5.74) is 6.14. The fraction of sp³-hybridized carbons (Fsp3) is 0.290. The molecule has 44 heavy (non-hydrogen) atoms. The summed E-state index contributed by atoms with van der Waals surface area (Å²) in [5.74, 6) is -0.474. The van der Waals surface area contributed by atoms with E-state index in [1.54, 1.807) is 24.5 Å². The van der Waals surface area contributed by atoms with E-state index in [-0.39, 0.29) is 30.3 Å². The predicted molar refractivity (Wildman–Crippen MR) is 159 cm³/mol. The van der Waals surface area contributed by atoms with Gasteiger partial charge >= 0.3 is 6.18 Å². The summed E-state index contributed by atoms with van der Waals surface area (Å²) in [6.07, 6.45) is 0.342. The molecule has 13 heteroatoms. The molecule has 5 rings (SSSR count). The minimum Gasteiger partial charge on any atom is -0.352 e. The van der Waals surface area contributed by atoms with Crippen molar-refractivity contribution in [1.82, 2.24) is 30.4 Å². The number of carbonyl (C=O) groups is 2. The Morgan fingerprint density at radius 2 is 1.43 bits per heavy atom. The number of nitrogens with two attached hydrogens (primary N) is 1. The van der Waals surface area contributed by atoms with E-state index in [2.05, 4.69) is 25.5 Å². The van der Waals surface area contributed by atoms with E-state index in [1.807, 2.05) is 41.3 Å². The molecule has 0 unspecified atom stereocenters. The van der Waals surface area contributed by atoms with Gasteiger partial charge in [0.15, 0.2) is 11.5 Å². The summed E-state index contributed by atoms with van der Waals surface area (Å²) >= 11 is 0. The van der Waals surface area contributed by atoms with Gasteiger partial charge in [-0.25, -0.2) is 0 Å². The first-order valence-corrected chi connectivity index (χ1v) is 14.1. The molecule has 230 valence electrons. The number of carbonyl (C=O) groups excluding carboxylic acids is 2. The van der Waals surface area contributed by atoms with Crippen LogP contribution in [0.2, 0.25) is 0 Å². The number of piperazine rings is 1. The molecular weight excluding hydrogens is 573 g/mol. The number of hydrogen-bond donors (Lipinski definition) is 2. The standard InChI is InChI=1S/C24H23F3N6O2.C7H10N2/c25-24(26,27)19-7-2-1-6-18(19)23(35)33-15-13-32(14-16-33)21-9-8-20(30-31-21)22(34)29-12-10-17-5-3-4-11-28-17;8-5-4-7-3-1-2-6-9-7/h1-9,11H,10,12-16H2,(H,29,34);1-3,6H,4-5,8H2. The van der Waals surface area contributed by atoms with Crippen LogP contribution in [0.15, 0.2) is 85.2 Å². The van der Waals surface area contributed by atoms with Gasteiger partial charge in [0, 0.05) is 69.3 Å². The number of aromatic nitrogens is 4. The molecule has 3 aromatic heterocycles. The van der Waals surface area contributed by atoms with Crippen LogP contribution in [0.1, 0.15) is 37.8 Å². The molecule has 0 atom stereocenters. The summed E-state index contributed by atoms with van der Waals surface area (Å²) in [6, 6.07) is 19.5. The highest BCUT2D eigenvalue weighted by Crippen LogP contribution is 2.32. The Morgan fingerprint density at radius 3 is 2.00 bits per heavy atom. The number of pyridine rings is 2. The van der Waals surface area contributed by atoms with Crippen LogP contribution in [0.5, 0.6) is 0 Å². The monoisotopic (exact) mass is 606 g/mol. The molecule has 10 nitrogen and oxygen atoms in total. The molecule has 1 saturated heterocycles. The van der Waals surface area contributed by atoms with Crippen LogP contribution in [-0.2, 0) is 19.0 Å². The Labute approximate surface area is 253 Å². The molecular formula is C31H33F3N8O2. The van der Waals surface area contributed by atoms with E-state index in [0.29, 0.717) is 38.4 Å². The van der Waals surface area contributed by atoms with Gasteiger partial charge < -0.3 is 20.9 Å². The number of anilines is 1. The lowest BCUT2D eigenvalue weighted by atomic mass is 10.1. The molecule has 3 N–H and O–H groups in total. The van der Waals surface area contributed by atoms with Gasteiger partial charge in [0.2, 0.25) is 0 Å². The van der Waals surface area contributed by atoms with E-state index in [4.69, 9.17) is 5.73 Å². The maximum atomic E-state index is 13.3. The van der Waals surface area contributed by atoms with Crippen molar-refractivity contribution in [2.24, 2.45) is 5.73 Å². The van der Waals surface area contributed by atoms with Crippen LogP contribution < -0.4 is 16.0 Å². The maximum absolute atomic E-state index is 13.3. The number of rotatable bonds is 8. The zero-order valence-corrected chi connectivity index (χ0v) is 24.0. The molecule has 1 fully saturated rings. The van der Waals surface area contributed by atoms with Crippen molar-refractivity contribution in [2.75, 3.05) is 44.2 Å². The van der Waals surface area contributed by atoms with Crippen LogP contribution in [0.25, 0.3) is 0 Å². The van der Waals surface area contributed by atoms with Gasteiger partial charge in [-0.2, -0.15) is 13.2 Å². The van der Waals surface area contributed by atoms with E-state index in [1.165, 1.54) is 23.1 Å². The second kappa shape index (κ2) is 15.5. The van der Waals surface area contributed by atoms with Crippen LogP contribution in [-0.4, -0.2) is 76.1 Å². The number of alkyl halides is 3. The van der Waals surface area contributed by atoms with Gasteiger partial charge in [0.1, 0.15) is 0 Å². The summed E-state index contributed by atoms with van der Waals surface area (Å²) < 4.78 is 39.8. The third-order valence-corrected chi connectivity index (χ3v) is 6.76. The van der Waals surface area contributed by atoms with Crippen LogP contribution in [0.4, 0.5) is 19.0 Å². The molecule has 4 heterocycles. The number of amides is 2. The van der Waals surface area contributed by atoms with Crippen molar-refractivity contribution >= 4 is 17.6 Å². The lowest BCUT2D eigenvalue weighted by Gasteiger charge is -2.35. The molecule has 0 bridgehead atoms. The van der Waals surface area contributed by atoms with Crippen molar-refractivity contribution < 1.29 is 22.8 Å². The second-order valence-electron chi connectivity index (χ2n) is 9.79. The SMILES string of the molecule is NCCc1ccccn1.O=C(NCCc1ccccn1)c1ccc(N2CCN(C(=O)c3ccccc3C(F)(F)F)CC2)nn1. The highest BCUT2D eigenvalue weighted by Gasteiger charge is 2.36. The number of hydrogen-bond acceptors (Lipinski definition) is 8. The van der Waals surface area contributed by atoms with Crippen molar-refractivity contribution in [3.05, 3.63) is 113 Å². The molecule has 0 saturated carbocycles. The number of benzene rings is 1. The van der Waals surface area contributed by atoms with Gasteiger partial charge in [0.25, 0.3) is 11.8 Å². The van der Waals surface area contributed by atoms with E-state index in [9.17, 15) is 22.8 Å². The van der Waals surface area contributed by atoms with Gasteiger partial charge in [-0.3, -0.25) is 19.6 Å². The maximum Gasteiger partial charge on any atom is 0.417 e. The number of nitrogens with zero attached hydrogens (tertiary/aromatic N) is 6. The Bertz CT molecular complexity index is 1480. The van der Waals surface area contributed by atoms with Crippen LogP contribution in [0, 0.1) is 0 Å². The zero-order valence-electron chi connectivity index (χ0n) is 24.0. The number of halogens is 3. The summed E-state index contributed by atoms with van der Waals surface area (Å²) in [4.78, 5) is 36.6. The molecule has 0 aliphatic carbocycles. The summed E-state index contributed by atoms with van der Waals surface area (Å²) in [7, 11) is 0. The minimum absolute atomic E-state index is 0.173. The summed E-state index contributed by atoms with van der Waals surface area (Å²) in [6.45, 7) is 2.32. The molecule has 0 spiro atoms. The Morgan fingerprint density at radius 1 is 0.795 bits per heavy atom. The van der Waals surface area contributed by atoms with Crippen LogP contribution >= 0.6 is 0 Å². The fourth-order valence-electron chi connectivity index (χ4n) is 4.48. The normalized spacial score (nSPS) is 13.1. The van der Waals surface area contributed by atoms with Crippen molar-refractivity contribution in [3.63, 3.8) is 0 Å². The quantitative estimate of drug-likeness (QED) is 0.312. The third-order valence-electron chi connectivity index (χ3n) is 6.76. The largest absolute Gasteiger partial charge is 0.417 e. The lowest BCUT2D eigenvalue weighted by Crippen LogP contribution is -2.49. The first-order chi connectivity index (χ1) is 21.3. The van der Waals surface area contributed by atoms with Crippen LogP contribution in [0.3, 0.4) is 0 Å². The second-order valence-corrected chi connectivity index (χ2v) is 9.79. The van der Waals surface area contributed by atoms with E-state index >= 15 is 0 Å². The molecule has 0 radical (unpaired) electrons. The topological polar surface area (TPSA) is 130 Å². The molecule has 1 aliphatic heterocycles. The average molecular weight is 607 g/mol. The van der Waals surface area contributed by atoms with Gasteiger partial charge in [0.05, 0.1) is 11.1 Å². The predicted octanol–water partition coefficient (Wildman–Crippen LogP) is 3.41. The van der Waals surface area contributed by atoms with Gasteiger partial charge in [-0.05, 0) is 55.1 Å². The molecule has 1 aromatic carbocycles. The van der Waals surface area contributed by atoms with Gasteiger partial charge in [-0.1, -0.05) is 24.3 Å². The lowest BCUT2D eigenvalue weighted by molar-refractivity contribution is -0.138. The van der Waals surface area contributed by atoms with Gasteiger partial charge in [-0.15, -0.1) is 10.2 Å². The number of nitrogens with one attached hydrogen (secondary N) is 1. The van der Waals surface area contributed by atoms with Crippen molar-refractivity contribution in [3.8, 4) is 0 Å². The third kappa shape index (κ3) is 9.04. The van der Waals surface area contributed by atoms with E-state index < -0.39 is 17.6 Å². The Balaban J connectivity index is 0.000000421. The summed E-state index contributed by atoms with van der Waals surface area (Å²) in [5, 5.41) is 10.9. The smallest absolute Gasteiger partial charge is 0.352 e. The first kappa shape index (κ1) is 32.0. The van der Waals surface area contributed by atoms with Crippen molar-refractivity contribution in [2.45, 2.75) is 19.0 Å². The highest BCUT2D eigenvalue weighted by molar-refractivity contribution is 5.96. The molecule has 4 aromatic rings. The minimum atomic E-state index is -4.60. The van der Waals surface area contributed by atoms with E-state index in [0.717, 1.165) is 23.9 Å². The zero-order chi connectivity index (χ0) is 31.4.